The summed E-state index contributed by atoms with van der Waals surface area (Å²) in [5.41, 5.74) is 3.64. The van der Waals surface area contributed by atoms with Crippen molar-refractivity contribution in [2.45, 2.75) is 63.5 Å². The molecule has 0 spiro atoms. The molecule has 2 aromatic rings. The van der Waals surface area contributed by atoms with Crippen molar-refractivity contribution in [3.8, 4) is 0 Å². The highest BCUT2D eigenvalue weighted by Gasteiger charge is 2.30. The summed E-state index contributed by atoms with van der Waals surface area (Å²) in [4.78, 5) is 11.8. The molecule has 2 aliphatic rings. The van der Waals surface area contributed by atoms with Crippen molar-refractivity contribution in [2.75, 3.05) is 5.32 Å². The number of sulfonamides is 1. The van der Waals surface area contributed by atoms with Crippen LogP contribution >= 0.6 is 0 Å². The minimum Gasteiger partial charge on any atom is -0.446 e. The smallest absolute Gasteiger partial charge is 0.407 e. The standard InChI is InChI=1S/C20H27N5O4S/c1-12(2)22-20(26)29-17-6-4-13(8-17)18-9-19(25-24-18)23-16-5-3-14-11-30(27,28)21-10-15(14)7-16/h3,5,7,9,12-13,17,21H,4,6,8,10-11H2,1-2H3,(H,22,26)(H2,23,24,25)/t13-,17?/m0/s1. The first-order chi connectivity index (χ1) is 14.3. The van der Waals surface area contributed by atoms with E-state index < -0.39 is 10.0 Å². The molecule has 1 unspecified atom stereocenters. The van der Waals surface area contributed by atoms with Gasteiger partial charge in [-0.05, 0) is 56.4 Å². The summed E-state index contributed by atoms with van der Waals surface area (Å²) in [7, 11) is -3.22. The summed E-state index contributed by atoms with van der Waals surface area (Å²) in [5, 5.41) is 13.5. The molecule has 2 atom stereocenters. The maximum absolute atomic E-state index is 11.8. The molecule has 0 radical (unpaired) electrons. The number of H-pyrrole nitrogens is 1. The van der Waals surface area contributed by atoms with Gasteiger partial charge in [0.25, 0.3) is 0 Å². The number of carbonyl (C=O) groups is 1. The Hall–Kier alpha value is -2.59. The first kappa shape index (κ1) is 20.7. The van der Waals surface area contributed by atoms with E-state index in [9.17, 15) is 13.2 Å². The Bertz CT molecular complexity index is 1030. The van der Waals surface area contributed by atoms with Crippen molar-refractivity contribution in [2.24, 2.45) is 0 Å². The number of amides is 1. The fourth-order valence-corrected chi connectivity index (χ4v) is 5.13. The highest BCUT2D eigenvalue weighted by atomic mass is 32.2. The molecular formula is C20H27N5O4S. The minimum atomic E-state index is -3.22. The number of alkyl carbamates (subject to hydrolysis) is 1. The summed E-state index contributed by atoms with van der Waals surface area (Å²) >= 11 is 0. The van der Waals surface area contributed by atoms with Crippen LogP contribution in [0.1, 0.15) is 55.8 Å². The fourth-order valence-electron chi connectivity index (χ4n) is 3.96. The van der Waals surface area contributed by atoms with Crippen LogP contribution in [0, 0.1) is 0 Å². The molecule has 4 rings (SSSR count). The van der Waals surface area contributed by atoms with Gasteiger partial charge in [-0.3, -0.25) is 5.10 Å². The fraction of sp³-hybridized carbons (Fsp3) is 0.500. The predicted molar refractivity (Wildman–Crippen MR) is 113 cm³/mol. The highest BCUT2D eigenvalue weighted by Crippen LogP contribution is 2.36. The van der Waals surface area contributed by atoms with E-state index >= 15 is 0 Å². The number of hydrogen-bond donors (Lipinski definition) is 4. The Morgan fingerprint density at radius 3 is 2.87 bits per heavy atom. The molecule has 1 aromatic carbocycles. The second-order valence-electron chi connectivity index (χ2n) is 8.23. The van der Waals surface area contributed by atoms with Crippen LogP contribution in [0.4, 0.5) is 16.3 Å². The predicted octanol–water partition coefficient (Wildman–Crippen LogP) is 2.86. The van der Waals surface area contributed by atoms with Crippen LogP contribution in [-0.4, -0.2) is 36.9 Å². The largest absolute Gasteiger partial charge is 0.446 e. The van der Waals surface area contributed by atoms with Gasteiger partial charge in [0.05, 0.1) is 5.75 Å². The van der Waals surface area contributed by atoms with Gasteiger partial charge in [0.15, 0.2) is 5.82 Å². The Kier molecular flexibility index (Phi) is 5.70. The second-order valence-corrected chi connectivity index (χ2v) is 10.0. The first-order valence-corrected chi connectivity index (χ1v) is 11.8. The summed E-state index contributed by atoms with van der Waals surface area (Å²) < 4.78 is 31.4. The zero-order chi connectivity index (χ0) is 21.3. The van der Waals surface area contributed by atoms with Gasteiger partial charge < -0.3 is 15.4 Å². The zero-order valence-corrected chi connectivity index (χ0v) is 17.9. The first-order valence-electron chi connectivity index (χ1n) is 10.2. The Balaban J connectivity index is 1.36. The number of ether oxygens (including phenoxy) is 1. The molecule has 162 valence electrons. The number of nitrogens with zero attached hydrogens (tertiary/aromatic N) is 1. The quantitative estimate of drug-likeness (QED) is 0.575. The number of carbonyl (C=O) groups excluding carboxylic acids is 1. The average molecular weight is 434 g/mol. The van der Waals surface area contributed by atoms with Crippen molar-refractivity contribution in [1.82, 2.24) is 20.2 Å². The number of nitrogens with one attached hydrogen (secondary N) is 4. The maximum Gasteiger partial charge on any atom is 0.407 e. The van der Waals surface area contributed by atoms with Gasteiger partial charge in [-0.1, -0.05) is 6.07 Å². The number of rotatable bonds is 5. The summed E-state index contributed by atoms with van der Waals surface area (Å²) in [5.74, 6) is 0.973. The van der Waals surface area contributed by atoms with Crippen molar-refractivity contribution < 1.29 is 17.9 Å². The zero-order valence-electron chi connectivity index (χ0n) is 17.1. The number of aromatic amines is 1. The van der Waals surface area contributed by atoms with Gasteiger partial charge in [0, 0.05) is 36.0 Å². The molecule has 4 N–H and O–H groups in total. The van der Waals surface area contributed by atoms with E-state index in [1.54, 1.807) is 0 Å². The van der Waals surface area contributed by atoms with Crippen molar-refractivity contribution in [3.63, 3.8) is 0 Å². The molecule has 0 saturated heterocycles. The maximum atomic E-state index is 11.8. The number of benzene rings is 1. The Labute approximate surface area is 176 Å². The van der Waals surface area contributed by atoms with E-state index in [2.05, 4.69) is 25.6 Å². The lowest BCUT2D eigenvalue weighted by Gasteiger charge is -2.18. The number of hydrogen-bond acceptors (Lipinski definition) is 6. The molecule has 30 heavy (non-hydrogen) atoms. The molecule has 1 fully saturated rings. The van der Waals surface area contributed by atoms with Crippen molar-refractivity contribution in [1.29, 1.82) is 0 Å². The van der Waals surface area contributed by atoms with Crippen LogP contribution < -0.4 is 15.4 Å². The van der Waals surface area contributed by atoms with Crippen LogP contribution in [0.3, 0.4) is 0 Å². The van der Waals surface area contributed by atoms with Crippen LogP contribution in [0.15, 0.2) is 24.3 Å². The third-order valence-electron chi connectivity index (χ3n) is 5.41. The molecular weight excluding hydrogens is 406 g/mol. The normalized spacial score (nSPS) is 22.5. The third kappa shape index (κ3) is 4.93. The highest BCUT2D eigenvalue weighted by molar-refractivity contribution is 7.88. The number of fused-ring (bicyclic) bond motifs is 1. The number of anilines is 2. The second kappa shape index (κ2) is 8.27. The summed E-state index contributed by atoms with van der Waals surface area (Å²) in [6, 6.07) is 7.67. The van der Waals surface area contributed by atoms with Gasteiger partial charge in [0.1, 0.15) is 6.10 Å². The van der Waals surface area contributed by atoms with Crippen molar-refractivity contribution in [3.05, 3.63) is 41.1 Å². The molecule has 0 bridgehead atoms. The lowest BCUT2D eigenvalue weighted by molar-refractivity contribution is 0.0981. The molecule has 10 heteroatoms. The SMILES string of the molecule is CC(C)NC(=O)OC1CC[C@H](c2cc(Nc3ccc4c(c3)CNS(=O)(=O)C4)n[nH]2)C1. The van der Waals surface area contributed by atoms with Gasteiger partial charge in [-0.2, -0.15) is 5.10 Å². The molecule has 9 nitrogen and oxygen atoms in total. The lowest BCUT2D eigenvalue weighted by atomic mass is 10.0. The molecule has 1 amide bonds. The van der Waals surface area contributed by atoms with E-state index in [-0.39, 0.29) is 29.9 Å². The number of aromatic nitrogens is 2. The average Bonchev–Trinajstić information content (AvgIpc) is 3.30. The van der Waals surface area contributed by atoms with Crippen LogP contribution in [0.25, 0.3) is 0 Å². The van der Waals surface area contributed by atoms with Gasteiger partial charge in [0.2, 0.25) is 10.0 Å². The molecule has 1 saturated carbocycles. The van der Waals surface area contributed by atoms with Crippen LogP contribution in [-0.2, 0) is 27.1 Å². The minimum absolute atomic E-state index is 0.00920. The summed E-state index contributed by atoms with van der Waals surface area (Å²) in [6.07, 6.45) is 2.08. The van der Waals surface area contributed by atoms with Crippen LogP contribution in [0.5, 0.6) is 0 Å². The molecule has 1 aromatic heterocycles. The van der Waals surface area contributed by atoms with E-state index in [4.69, 9.17) is 4.74 Å². The van der Waals surface area contributed by atoms with Crippen LogP contribution in [0.2, 0.25) is 0 Å². The van der Waals surface area contributed by atoms with E-state index in [1.807, 2.05) is 38.1 Å². The summed E-state index contributed by atoms with van der Waals surface area (Å²) in [6.45, 7) is 4.10. The molecule has 1 aliphatic heterocycles. The van der Waals surface area contributed by atoms with Gasteiger partial charge >= 0.3 is 6.09 Å². The van der Waals surface area contributed by atoms with E-state index in [0.29, 0.717) is 12.4 Å². The Morgan fingerprint density at radius 2 is 2.07 bits per heavy atom. The van der Waals surface area contributed by atoms with Gasteiger partial charge in [-0.15, -0.1) is 0 Å². The Morgan fingerprint density at radius 1 is 1.23 bits per heavy atom. The monoisotopic (exact) mass is 433 g/mol. The molecule has 2 heterocycles. The van der Waals surface area contributed by atoms with Crippen molar-refractivity contribution >= 4 is 27.6 Å². The van der Waals surface area contributed by atoms with E-state index in [1.165, 1.54) is 0 Å². The van der Waals surface area contributed by atoms with Gasteiger partial charge in [-0.25, -0.2) is 17.9 Å². The third-order valence-corrected chi connectivity index (χ3v) is 6.68. The molecule has 1 aliphatic carbocycles. The topological polar surface area (TPSA) is 125 Å². The lowest BCUT2D eigenvalue weighted by Crippen LogP contribution is -2.33. The van der Waals surface area contributed by atoms with E-state index in [0.717, 1.165) is 41.8 Å².